The van der Waals surface area contributed by atoms with E-state index in [1.807, 2.05) is 11.8 Å². The highest BCUT2D eigenvalue weighted by Gasteiger charge is 2.28. The molecule has 0 aliphatic carbocycles. The Kier molecular flexibility index (Phi) is 5.01. The summed E-state index contributed by atoms with van der Waals surface area (Å²) in [5.74, 6) is 0.705. The van der Waals surface area contributed by atoms with Crippen LogP contribution in [-0.4, -0.2) is 41.7 Å². The predicted molar refractivity (Wildman–Crippen MR) is 58.4 cm³/mol. The minimum atomic E-state index is -0.269. The van der Waals surface area contributed by atoms with Crippen LogP contribution in [0.25, 0.3) is 0 Å². The SMILES string of the molecule is CSCCCCCN1CCC(=O)C1=O. The fraction of sp³-hybridized carbons (Fsp3) is 0.800. The lowest BCUT2D eigenvalue weighted by atomic mass is 10.2. The topological polar surface area (TPSA) is 37.4 Å². The second kappa shape index (κ2) is 6.06. The number of rotatable bonds is 6. The van der Waals surface area contributed by atoms with Crippen molar-refractivity contribution in [3.63, 3.8) is 0 Å². The molecule has 1 saturated heterocycles. The maximum Gasteiger partial charge on any atom is 0.290 e. The van der Waals surface area contributed by atoms with Gasteiger partial charge in [-0.15, -0.1) is 0 Å². The van der Waals surface area contributed by atoms with Crippen molar-refractivity contribution in [2.24, 2.45) is 0 Å². The van der Waals surface area contributed by atoms with Crippen molar-refractivity contribution in [1.82, 2.24) is 4.90 Å². The van der Waals surface area contributed by atoms with Crippen LogP contribution in [0, 0.1) is 0 Å². The van der Waals surface area contributed by atoms with Gasteiger partial charge in [-0.05, 0) is 24.9 Å². The van der Waals surface area contributed by atoms with Crippen molar-refractivity contribution in [3.05, 3.63) is 0 Å². The van der Waals surface area contributed by atoms with Crippen molar-refractivity contribution in [3.8, 4) is 0 Å². The quantitative estimate of drug-likeness (QED) is 0.495. The van der Waals surface area contributed by atoms with Crippen LogP contribution < -0.4 is 0 Å². The van der Waals surface area contributed by atoms with E-state index in [-0.39, 0.29) is 11.7 Å². The van der Waals surface area contributed by atoms with Crippen LogP contribution in [0.15, 0.2) is 0 Å². The van der Waals surface area contributed by atoms with Gasteiger partial charge in [0.25, 0.3) is 5.91 Å². The number of Topliss-reactive ketones (excluding diaryl/α,β-unsaturated/α-hetero) is 1. The van der Waals surface area contributed by atoms with Gasteiger partial charge in [-0.2, -0.15) is 11.8 Å². The van der Waals surface area contributed by atoms with Crippen LogP contribution in [0.2, 0.25) is 0 Å². The van der Waals surface area contributed by atoms with Crippen LogP contribution in [0.1, 0.15) is 25.7 Å². The molecular formula is C10H17NO2S. The Morgan fingerprint density at radius 2 is 2.07 bits per heavy atom. The molecular weight excluding hydrogens is 198 g/mol. The molecule has 0 unspecified atom stereocenters. The first-order valence-electron chi connectivity index (χ1n) is 5.06. The van der Waals surface area contributed by atoms with Crippen molar-refractivity contribution >= 4 is 23.5 Å². The van der Waals surface area contributed by atoms with Crippen LogP contribution in [0.5, 0.6) is 0 Å². The number of hydrogen-bond acceptors (Lipinski definition) is 3. The third kappa shape index (κ3) is 3.33. The highest BCUT2D eigenvalue weighted by molar-refractivity contribution is 7.98. The molecule has 0 N–H and O–H groups in total. The second-order valence-electron chi connectivity index (χ2n) is 3.52. The number of carbonyl (C=O) groups excluding carboxylic acids is 2. The fourth-order valence-corrected chi connectivity index (χ4v) is 2.05. The van der Waals surface area contributed by atoms with Gasteiger partial charge in [0.2, 0.25) is 5.78 Å². The normalized spacial score (nSPS) is 16.8. The zero-order valence-corrected chi connectivity index (χ0v) is 9.44. The molecule has 80 valence electrons. The van der Waals surface area contributed by atoms with E-state index in [1.165, 1.54) is 12.2 Å². The van der Waals surface area contributed by atoms with E-state index < -0.39 is 0 Å². The average molecular weight is 215 g/mol. The van der Waals surface area contributed by atoms with E-state index in [4.69, 9.17) is 0 Å². The van der Waals surface area contributed by atoms with E-state index >= 15 is 0 Å². The summed E-state index contributed by atoms with van der Waals surface area (Å²) in [6.45, 7) is 1.40. The predicted octanol–water partition coefficient (Wildman–Crippen LogP) is 1.32. The molecule has 14 heavy (non-hydrogen) atoms. The van der Waals surface area contributed by atoms with Crippen molar-refractivity contribution < 1.29 is 9.59 Å². The zero-order chi connectivity index (χ0) is 10.4. The van der Waals surface area contributed by atoms with Crippen LogP contribution in [0.4, 0.5) is 0 Å². The Morgan fingerprint density at radius 3 is 2.64 bits per heavy atom. The summed E-state index contributed by atoms with van der Waals surface area (Å²) in [6.07, 6.45) is 5.90. The first kappa shape index (κ1) is 11.6. The summed E-state index contributed by atoms with van der Waals surface area (Å²) in [4.78, 5) is 23.8. The molecule has 0 aromatic heterocycles. The molecule has 4 heteroatoms. The molecule has 3 nitrogen and oxygen atoms in total. The van der Waals surface area contributed by atoms with E-state index in [2.05, 4.69) is 6.26 Å². The monoisotopic (exact) mass is 215 g/mol. The Labute approximate surface area is 89.2 Å². The molecule has 0 spiro atoms. The molecule has 1 rings (SSSR count). The number of unbranched alkanes of at least 4 members (excludes halogenated alkanes) is 2. The lowest BCUT2D eigenvalue weighted by Crippen LogP contribution is -2.28. The van der Waals surface area contributed by atoms with Gasteiger partial charge in [0, 0.05) is 19.5 Å². The zero-order valence-electron chi connectivity index (χ0n) is 8.62. The van der Waals surface area contributed by atoms with Gasteiger partial charge in [-0.3, -0.25) is 9.59 Å². The standard InChI is InChI=1S/C10H17NO2S/c1-14-8-4-2-3-6-11-7-5-9(12)10(11)13/h2-8H2,1H3. The molecule has 0 radical (unpaired) electrons. The number of carbonyl (C=O) groups is 2. The number of hydrogen-bond donors (Lipinski definition) is 0. The number of likely N-dealkylation sites (tertiary alicyclic amines) is 1. The lowest BCUT2D eigenvalue weighted by Gasteiger charge is -2.13. The minimum Gasteiger partial charge on any atom is -0.336 e. The third-order valence-corrected chi connectivity index (χ3v) is 3.11. The molecule has 0 bridgehead atoms. The van der Waals surface area contributed by atoms with E-state index in [0.717, 1.165) is 19.4 Å². The summed E-state index contributed by atoms with van der Waals surface area (Å²) in [5, 5.41) is 0. The molecule has 0 aromatic carbocycles. The Morgan fingerprint density at radius 1 is 1.29 bits per heavy atom. The summed E-state index contributed by atoms with van der Waals surface area (Å²) < 4.78 is 0. The second-order valence-corrected chi connectivity index (χ2v) is 4.50. The number of thioether (sulfide) groups is 1. The number of ketones is 1. The molecule has 0 saturated carbocycles. The van der Waals surface area contributed by atoms with Crippen LogP contribution in [0.3, 0.4) is 0 Å². The molecule has 1 heterocycles. The first-order valence-corrected chi connectivity index (χ1v) is 6.46. The summed E-state index contributed by atoms with van der Waals surface area (Å²) >= 11 is 1.85. The van der Waals surface area contributed by atoms with E-state index in [0.29, 0.717) is 13.0 Å². The highest BCUT2D eigenvalue weighted by Crippen LogP contribution is 2.09. The molecule has 1 aliphatic heterocycles. The fourth-order valence-electron chi connectivity index (χ4n) is 1.56. The maximum absolute atomic E-state index is 11.2. The van der Waals surface area contributed by atoms with Gasteiger partial charge < -0.3 is 4.90 Å². The number of nitrogens with zero attached hydrogens (tertiary/aromatic N) is 1. The summed E-state index contributed by atoms with van der Waals surface area (Å²) in [7, 11) is 0. The molecule has 0 aromatic rings. The van der Waals surface area contributed by atoms with Crippen molar-refractivity contribution in [1.29, 1.82) is 0 Å². The minimum absolute atomic E-state index is 0.214. The number of amides is 1. The summed E-state index contributed by atoms with van der Waals surface area (Å²) in [5.41, 5.74) is 0. The van der Waals surface area contributed by atoms with Crippen molar-refractivity contribution in [2.45, 2.75) is 25.7 Å². The van der Waals surface area contributed by atoms with E-state index in [9.17, 15) is 9.59 Å². The Bertz CT molecular complexity index is 218. The Hall–Kier alpha value is -0.510. The third-order valence-electron chi connectivity index (χ3n) is 2.41. The van der Waals surface area contributed by atoms with Gasteiger partial charge in [-0.25, -0.2) is 0 Å². The van der Waals surface area contributed by atoms with Crippen LogP contribution in [-0.2, 0) is 9.59 Å². The first-order chi connectivity index (χ1) is 6.75. The van der Waals surface area contributed by atoms with Gasteiger partial charge in [0.05, 0.1) is 0 Å². The lowest BCUT2D eigenvalue weighted by molar-refractivity contribution is -0.140. The maximum atomic E-state index is 11.2. The average Bonchev–Trinajstić information content (AvgIpc) is 2.49. The van der Waals surface area contributed by atoms with Crippen molar-refractivity contribution in [2.75, 3.05) is 25.1 Å². The smallest absolute Gasteiger partial charge is 0.290 e. The van der Waals surface area contributed by atoms with E-state index in [1.54, 1.807) is 4.90 Å². The van der Waals surface area contributed by atoms with Crippen LogP contribution >= 0.6 is 11.8 Å². The molecule has 1 fully saturated rings. The highest BCUT2D eigenvalue weighted by atomic mass is 32.2. The molecule has 0 atom stereocenters. The van der Waals surface area contributed by atoms with Gasteiger partial charge in [0.15, 0.2) is 0 Å². The van der Waals surface area contributed by atoms with Gasteiger partial charge >= 0.3 is 0 Å². The molecule has 1 aliphatic rings. The molecule has 1 amide bonds. The van der Waals surface area contributed by atoms with Gasteiger partial charge in [-0.1, -0.05) is 6.42 Å². The van der Waals surface area contributed by atoms with Gasteiger partial charge in [0.1, 0.15) is 0 Å². The largest absolute Gasteiger partial charge is 0.336 e. The summed E-state index contributed by atoms with van der Waals surface area (Å²) in [6, 6.07) is 0. The Balaban J connectivity index is 2.07.